The average Bonchev–Trinajstić information content (AvgIpc) is 2.09. The quantitative estimate of drug-likeness (QED) is 0.605. The number of hydrogen-bond donors (Lipinski definition) is 0. The van der Waals surface area contributed by atoms with Crippen LogP contribution in [0.5, 0.6) is 0 Å². The summed E-state index contributed by atoms with van der Waals surface area (Å²) in [7, 11) is 0. The standard InChI is InChI=1S/C10H8ClN/c1-8-2-4-9(5-3-8)6-10(11)7-12/h2-6H,1H3/b10-6-. The number of nitriles is 1. The van der Waals surface area contributed by atoms with Crippen LogP contribution in [0.15, 0.2) is 29.3 Å². The number of hydrogen-bond acceptors (Lipinski definition) is 1. The summed E-state index contributed by atoms with van der Waals surface area (Å²) < 4.78 is 0. The van der Waals surface area contributed by atoms with Crippen LogP contribution in [0, 0.1) is 18.3 Å². The summed E-state index contributed by atoms with van der Waals surface area (Å²) in [5, 5.41) is 8.61. The van der Waals surface area contributed by atoms with Crippen molar-refractivity contribution >= 4 is 17.7 Å². The molecule has 0 heterocycles. The zero-order valence-corrected chi connectivity index (χ0v) is 7.47. The highest BCUT2D eigenvalue weighted by Gasteiger charge is 1.90. The van der Waals surface area contributed by atoms with Crippen LogP contribution in [0.2, 0.25) is 0 Å². The number of benzene rings is 1. The lowest BCUT2D eigenvalue weighted by Gasteiger charge is -1.93. The molecule has 0 atom stereocenters. The lowest BCUT2D eigenvalue weighted by atomic mass is 10.1. The lowest BCUT2D eigenvalue weighted by Crippen LogP contribution is -1.74. The number of allylic oxidation sites excluding steroid dienone is 1. The second-order valence-corrected chi connectivity index (χ2v) is 2.92. The van der Waals surface area contributed by atoms with Crippen molar-refractivity contribution in [3.8, 4) is 6.07 Å². The van der Waals surface area contributed by atoms with E-state index in [4.69, 9.17) is 16.9 Å². The van der Waals surface area contributed by atoms with Crippen LogP contribution in [-0.4, -0.2) is 0 Å². The van der Waals surface area contributed by atoms with E-state index in [1.54, 1.807) is 6.08 Å². The molecule has 0 aliphatic heterocycles. The van der Waals surface area contributed by atoms with E-state index in [1.807, 2.05) is 37.3 Å². The lowest BCUT2D eigenvalue weighted by molar-refractivity contribution is 1.46. The number of rotatable bonds is 1. The first-order chi connectivity index (χ1) is 5.72. The van der Waals surface area contributed by atoms with E-state index in [0.29, 0.717) is 0 Å². The van der Waals surface area contributed by atoms with Gasteiger partial charge in [0.1, 0.15) is 11.1 Å². The predicted octanol–water partition coefficient (Wildman–Crippen LogP) is 3.10. The van der Waals surface area contributed by atoms with Gasteiger partial charge in [0, 0.05) is 0 Å². The van der Waals surface area contributed by atoms with Crippen molar-refractivity contribution in [2.45, 2.75) is 6.92 Å². The summed E-state index contributed by atoms with van der Waals surface area (Å²) in [4.78, 5) is 0. The van der Waals surface area contributed by atoms with Crippen molar-refractivity contribution in [2.75, 3.05) is 0 Å². The predicted molar refractivity (Wildman–Crippen MR) is 50.6 cm³/mol. The van der Waals surface area contributed by atoms with Gasteiger partial charge in [0.15, 0.2) is 0 Å². The van der Waals surface area contributed by atoms with Gasteiger partial charge in [0.2, 0.25) is 0 Å². The third-order valence-corrected chi connectivity index (χ3v) is 1.67. The largest absolute Gasteiger partial charge is 0.191 e. The van der Waals surface area contributed by atoms with E-state index in [-0.39, 0.29) is 5.03 Å². The molecule has 0 aromatic heterocycles. The van der Waals surface area contributed by atoms with Gasteiger partial charge in [-0.15, -0.1) is 0 Å². The van der Waals surface area contributed by atoms with Crippen LogP contribution >= 0.6 is 11.6 Å². The molecule has 12 heavy (non-hydrogen) atoms. The summed E-state index contributed by atoms with van der Waals surface area (Å²) in [5.41, 5.74) is 2.15. The normalized spacial score (nSPS) is 10.9. The third-order valence-electron chi connectivity index (χ3n) is 1.48. The monoisotopic (exact) mass is 177 g/mol. The SMILES string of the molecule is Cc1ccc(/C=C(\Cl)C#N)cc1. The third kappa shape index (κ3) is 2.41. The Hall–Kier alpha value is -1.26. The van der Waals surface area contributed by atoms with E-state index >= 15 is 0 Å². The molecule has 0 radical (unpaired) electrons. The molecule has 1 aromatic rings. The fraction of sp³-hybridized carbons (Fsp3) is 0.100. The maximum Gasteiger partial charge on any atom is 0.118 e. The Kier molecular flexibility index (Phi) is 2.90. The van der Waals surface area contributed by atoms with E-state index in [0.717, 1.165) is 5.56 Å². The molecule has 0 bridgehead atoms. The molecule has 0 N–H and O–H groups in total. The fourth-order valence-electron chi connectivity index (χ4n) is 0.841. The molecule has 1 aromatic carbocycles. The van der Waals surface area contributed by atoms with Crippen LogP contribution in [0.3, 0.4) is 0 Å². The molecule has 0 amide bonds. The van der Waals surface area contributed by atoms with Gasteiger partial charge in [-0.05, 0) is 18.6 Å². The smallest absolute Gasteiger partial charge is 0.118 e. The van der Waals surface area contributed by atoms with Crippen molar-refractivity contribution in [2.24, 2.45) is 0 Å². The minimum absolute atomic E-state index is 0.207. The van der Waals surface area contributed by atoms with Crippen molar-refractivity contribution in [1.82, 2.24) is 0 Å². The van der Waals surface area contributed by atoms with Crippen LogP contribution in [0.25, 0.3) is 6.08 Å². The Morgan fingerprint density at radius 2 is 2.00 bits per heavy atom. The number of halogens is 1. The highest BCUT2D eigenvalue weighted by atomic mass is 35.5. The minimum atomic E-state index is 0.207. The molecule has 0 saturated carbocycles. The Bertz CT molecular complexity index is 330. The molecule has 0 aliphatic rings. The number of aryl methyl sites for hydroxylation is 1. The van der Waals surface area contributed by atoms with Gasteiger partial charge >= 0.3 is 0 Å². The molecule has 1 nitrogen and oxygen atoms in total. The summed E-state index contributed by atoms with van der Waals surface area (Å²) in [6, 6.07) is 9.66. The second-order valence-electron chi connectivity index (χ2n) is 2.51. The summed E-state index contributed by atoms with van der Waals surface area (Å²) in [6.07, 6.45) is 1.64. The van der Waals surface area contributed by atoms with Gasteiger partial charge in [-0.2, -0.15) is 5.26 Å². The van der Waals surface area contributed by atoms with E-state index in [2.05, 4.69) is 0 Å². The van der Waals surface area contributed by atoms with E-state index in [1.165, 1.54) is 5.56 Å². The maximum atomic E-state index is 8.40. The van der Waals surface area contributed by atoms with Gasteiger partial charge in [0.05, 0.1) is 0 Å². The average molecular weight is 178 g/mol. The highest BCUT2D eigenvalue weighted by Crippen LogP contribution is 2.10. The summed E-state index contributed by atoms with van der Waals surface area (Å²) in [5.74, 6) is 0. The van der Waals surface area contributed by atoms with E-state index in [9.17, 15) is 0 Å². The summed E-state index contributed by atoms with van der Waals surface area (Å²) >= 11 is 5.54. The maximum absolute atomic E-state index is 8.40. The first-order valence-electron chi connectivity index (χ1n) is 3.56. The Balaban J connectivity index is 2.93. The highest BCUT2D eigenvalue weighted by molar-refractivity contribution is 6.33. The molecule has 0 saturated heterocycles. The minimum Gasteiger partial charge on any atom is -0.191 e. The van der Waals surface area contributed by atoms with Gasteiger partial charge in [0.25, 0.3) is 0 Å². The zero-order chi connectivity index (χ0) is 8.97. The van der Waals surface area contributed by atoms with Crippen LogP contribution in [-0.2, 0) is 0 Å². The van der Waals surface area contributed by atoms with Gasteiger partial charge < -0.3 is 0 Å². The van der Waals surface area contributed by atoms with E-state index < -0.39 is 0 Å². The molecule has 0 aliphatic carbocycles. The Morgan fingerprint density at radius 1 is 1.42 bits per heavy atom. The Morgan fingerprint density at radius 3 is 2.50 bits per heavy atom. The molecular weight excluding hydrogens is 170 g/mol. The number of nitrogens with zero attached hydrogens (tertiary/aromatic N) is 1. The Labute approximate surface area is 76.9 Å². The molecule has 0 unspecified atom stereocenters. The first kappa shape index (κ1) is 8.83. The van der Waals surface area contributed by atoms with Crippen LogP contribution in [0.1, 0.15) is 11.1 Å². The van der Waals surface area contributed by atoms with Crippen molar-refractivity contribution in [1.29, 1.82) is 5.26 Å². The second kappa shape index (κ2) is 3.94. The first-order valence-corrected chi connectivity index (χ1v) is 3.94. The van der Waals surface area contributed by atoms with Crippen LogP contribution < -0.4 is 0 Å². The molecule has 2 heteroatoms. The molecule has 0 fully saturated rings. The van der Waals surface area contributed by atoms with Gasteiger partial charge in [-0.25, -0.2) is 0 Å². The van der Waals surface area contributed by atoms with Gasteiger partial charge in [-0.3, -0.25) is 0 Å². The molecule has 60 valence electrons. The summed E-state index contributed by atoms with van der Waals surface area (Å²) in [6.45, 7) is 2.01. The van der Waals surface area contributed by atoms with Crippen molar-refractivity contribution in [3.63, 3.8) is 0 Å². The van der Waals surface area contributed by atoms with Gasteiger partial charge in [-0.1, -0.05) is 41.4 Å². The van der Waals surface area contributed by atoms with Crippen LogP contribution in [0.4, 0.5) is 0 Å². The molecular formula is C10H8ClN. The van der Waals surface area contributed by atoms with Crippen molar-refractivity contribution in [3.05, 3.63) is 40.4 Å². The fourth-order valence-corrected chi connectivity index (χ4v) is 0.967. The molecule has 1 rings (SSSR count). The zero-order valence-electron chi connectivity index (χ0n) is 6.71. The topological polar surface area (TPSA) is 23.8 Å². The molecule has 0 spiro atoms. The van der Waals surface area contributed by atoms with Crippen molar-refractivity contribution < 1.29 is 0 Å².